The molecule has 0 atom stereocenters. The molecule has 0 saturated carbocycles. The van der Waals surface area contributed by atoms with E-state index in [9.17, 15) is 14.9 Å². The number of hydrogen-bond donors (Lipinski definition) is 2. The second-order valence-corrected chi connectivity index (χ2v) is 7.99. The van der Waals surface area contributed by atoms with Crippen LogP contribution in [0.3, 0.4) is 0 Å². The Hall–Kier alpha value is -3.56. The van der Waals surface area contributed by atoms with Crippen molar-refractivity contribution in [3.8, 4) is 11.4 Å². The number of carboxylic acid groups (broad SMARTS) is 1. The van der Waals surface area contributed by atoms with Crippen molar-refractivity contribution in [3.05, 3.63) is 80.2 Å². The lowest BCUT2D eigenvalue weighted by Gasteiger charge is -2.09. The molecule has 0 aliphatic rings. The molecule has 0 bridgehead atoms. The van der Waals surface area contributed by atoms with E-state index in [4.69, 9.17) is 16.7 Å². The molecule has 2 N–H and O–H groups in total. The van der Waals surface area contributed by atoms with Gasteiger partial charge in [0.15, 0.2) is 5.82 Å². The van der Waals surface area contributed by atoms with Crippen molar-refractivity contribution >= 4 is 50.6 Å². The molecule has 0 aliphatic carbocycles. The van der Waals surface area contributed by atoms with Crippen LogP contribution in [0.15, 0.2) is 54.6 Å². The van der Waals surface area contributed by atoms with E-state index in [1.807, 2.05) is 0 Å². The first-order valence-corrected chi connectivity index (χ1v) is 9.88. The van der Waals surface area contributed by atoms with Gasteiger partial charge in [-0.2, -0.15) is 0 Å². The maximum absolute atomic E-state index is 11.1. The number of halogens is 1. The molecule has 2 aromatic heterocycles. The molecule has 0 radical (unpaired) electrons. The zero-order valence-corrected chi connectivity index (χ0v) is 16.8. The number of nitrogens with one attached hydrogen (secondary N) is 1. The largest absolute Gasteiger partial charge is 0.478 e. The smallest absolute Gasteiger partial charge is 0.335 e. The van der Waals surface area contributed by atoms with Crippen molar-refractivity contribution < 1.29 is 14.8 Å². The Kier molecular flexibility index (Phi) is 5.30. The molecule has 30 heavy (non-hydrogen) atoms. The Morgan fingerprint density at radius 2 is 1.93 bits per heavy atom. The molecular weight excluding hydrogens is 428 g/mol. The van der Waals surface area contributed by atoms with Gasteiger partial charge < -0.3 is 10.4 Å². The zero-order chi connectivity index (χ0) is 21.3. The quantitative estimate of drug-likeness (QED) is 0.311. The summed E-state index contributed by atoms with van der Waals surface area (Å²) in [6.07, 6.45) is 0. The fraction of sp³-hybridized carbons (Fsp3) is 0.0500. The van der Waals surface area contributed by atoms with E-state index in [0.717, 1.165) is 10.9 Å². The molecule has 0 saturated heterocycles. The number of carboxylic acids is 1. The average molecular weight is 441 g/mol. The Bertz CT molecular complexity index is 1270. The number of aromatic carboxylic acids is 1. The van der Waals surface area contributed by atoms with Crippen molar-refractivity contribution in [1.82, 2.24) is 9.97 Å². The third-order valence-electron chi connectivity index (χ3n) is 4.33. The summed E-state index contributed by atoms with van der Waals surface area (Å²) in [5, 5.41) is 24.0. The van der Waals surface area contributed by atoms with E-state index < -0.39 is 10.9 Å². The number of nitrogens with zero attached hydrogens (tertiary/aromatic N) is 3. The molecule has 2 heterocycles. The van der Waals surface area contributed by atoms with Gasteiger partial charge in [-0.1, -0.05) is 35.9 Å². The fourth-order valence-corrected chi connectivity index (χ4v) is 3.97. The van der Waals surface area contributed by atoms with Crippen molar-refractivity contribution in [3.63, 3.8) is 0 Å². The molecule has 0 fully saturated rings. The highest BCUT2D eigenvalue weighted by Crippen LogP contribution is 2.34. The van der Waals surface area contributed by atoms with Crippen molar-refractivity contribution in [2.45, 2.75) is 6.54 Å². The Morgan fingerprint density at radius 1 is 1.17 bits per heavy atom. The van der Waals surface area contributed by atoms with E-state index in [0.29, 0.717) is 32.9 Å². The molecular formula is C20H13ClN4O4S. The number of nitro benzene ring substituents is 1. The SMILES string of the molecule is O=C(O)c1ccc(-c2nc(NCc3cccc([N+](=O)[O-])c3)c3cc(Cl)sc3n2)cc1. The molecule has 4 aromatic rings. The van der Waals surface area contributed by atoms with Crippen LogP contribution in [-0.2, 0) is 6.54 Å². The van der Waals surface area contributed by atoms with Crippen LogP contribution in [0.1, 0.15) is 15.9 Å². The summed E-state index contributed by atoms with van der Waals surface area (Å²) in [5.74, 6) is -0.0614. The van der Waals surface area contributed by atoms with Crippen LogP contribution in [0.2, 0.25) is 4.34 Å². The third-order valence-corrected chi connectivity index (χ3v) is 5.49. The number of benzene rings is 2. The summed E-state index contributed by atoms with van der Waals surface area (Å²) >= 11 is 7.47. The van der Waals surface area contributed by atoms with E-state index in [2.05, 4.69) is 15.3 Å². The first-order valence-electron chi connectivity index (χ1n) is 8.69. The highest BCUT2D eigenvalue weighted by molar-refractivity contribution is 7.22. The lowest BCUT2D eigenvalue weighted by Crippen LogP contribution is -2.04. The standard InChI is InChI=1S/C20H13ClN4O4S/c21-16-9-15-18(22-10-11-2-1-3-14(8-11)25(28)29)23-17(24-19(15)30-16)12-4-6-13(7-5-12)20(26)27/h1-9H,10H2,(H,26,27)(H,22,23,24). The van der Waals surface area contributed by atoms with Gasteiger partial charge in [-0.15, -0.1) is 11.3 Å². The molecule has 10 heteroatoms. The first-order chi connectivity index (χ1) is 14.4. The van der Waals surface area contributed by atoms with E-state index in [1.165, 1.54) is 35.6 Å². The number of rotatable bonds is 6. The van der Waals surface area contributed by atoms with Gasteiger partial charge in [-0.3, -0.25) is 10.1 Å². The Labute approximate surface area is 178 Å². The van der Waals surface area contributed by atoms with Crippen LogP contribution < -0.4 is 5.32 Å². The molecule has 150 valence electrons. The van der Waals surface area contributed by atoms with Gasteiger partial charge in [-0.25, -0.2) is 14.8 Å². The van der Waals surface area contributed by atoms with Crippen LogP contribution in [0, 0.1) is 10.1 Å². The van der Waals surface area contributed by atoms with Gasteiger partial charge >= 0.3 is 5.97 Å². The minimum Gasteiger partial charge on any atom is -0.478 e. The first kappa shape index (κ1) is 19.7. The summed E-state index contributed by atoms with van der Waals surface area (Å²) in [4.78, 5) is 31.4. The van der Waals surface area contributed by atoms with Gasteiger partial charge in [0, 0.05) is 24.2 Å². The normalized spacial score (nSPS) is 10.8. The summed E-state index contributed by atoms with van der Waals surface area (Å²) in [7, 11) is 0. The number of hydrogen-bond acceptors (Lipinski definition) is 7. The molecule has 0 unspecified atom stereocenters. The molecule has 4 rings (SSSR count). The van der Waals surface area contributed by atoms with E-state index >= 15 is 0 Å². The number of fused-ring (bicyclic) bond motifs is 1. The molecule has 8 nitrogen and oxygen atoms in total. The van der Waals surface area contributed by atoms with Gasteiger partial charge in [0.1, 0.15) is 10.6 Å². The molecule has 0 spiro atoms. The van der Waals surface area contributed by atoms with E-state index in [1.54, 1.807) is 30.3 Å². The summed E-state index contributed by atoms with van der Waals surface area (Å²) in [6.45, 7) is 0.318. The van der Waals surface area contributed by atoms with Crippen molar-refractivity contribution in [1.29, 1.82) is 0 Å². The number of anilines is 1. The zero-order valence-electron chi connectivity index (χ0n) is 15.2. The maximum atomic E-state index is 11.1. The predicted octanol–water partition coefficient (Wildman–Crippen LogP) is 5.23. The fourth-order valence-electron chi connectivity index (χ4n) is 2.88. The number of aromatic nitrogens is 2. The van der Waals surface area contributed by atoms with Crippen LogP contribution in [0.5, 0.6) is 0 Å². The predicted molar refractivity (Wildman–Crippen MR) is 115 cm³/mol. The highest BCUT2D eigenvalue weighted by Gasteiger charge is 2.14. The van der Waals surface area contributed by atoms with Crippen molar-refractivity contribution in [2.75, 3.05) is 5.32 Å². The summed E-state index contributed by atoms with van der Waals surface area (Å²) in [6, 6.07) is 14.4. The topological polar surface area (TPSA) is 118 Å². The van der Waals surface area contributed by atoms with Crippen LogP contribution in [-0.4, -0.2) is 26.0 Å². The number of nitro groups is 1. The maximum Gasteiger partial charge on any atom is 0.335 e. The molecule has 2 aromatic carbocycles. The summed E-state index contributed by atoms with van der Waals surface area (Å²) in [5.41, 5.74) is 1.57. The Morgan fingerprint density at radius 3 is 2.63 bits per heavy atom. The minimum absolute atomic E-state index is 0.0138. The van der Waals surface area contributed by atoms with Gasteiger partial charge in [0.2, 0.25) is 0 Å². The van der Waals surface area contributed by atoms with Gasteiger partial charge in [-0.05, 0) is 23.8 Å². The highest BCUT2D eigenvalue weighted by atomic mass is 35.5. The second kappa shape index (κ2) is 8.05. The van der Waals surface area contributed by atoms with Crippen LogP contribution >= 0.6 is 22.9 Å². The lowest BCUT2D eigenvalue weighted by atomic mass is 10.1. The lowest BCUT2D eigenvalue weighted by molar-refractivity contribution is -0.384. The number of carbonyl (C=O) groups is 1. The average Bonchev–Trinajstić information content (AvgIpc) is 3.12. The second-order valence-electron chi connectivity index (χ2n) is 6.33. The van der Waals surface area contributed by atoms with Crippen molar-refractivity contribution in [2.24, 2.45) is 0 Å². The van der Waals surface area contributed by atoms with E-state index in [-0.39, 0.29) is 11.3 Å². The van der Waals surface area contributed by atoms with Crippen LogP contribution in [0.25, 0.3) is 21.6 Å². The number of non-ortho nitro benzene ring substituents is 1. The monoisotopic (exact) mass is 440 g/mol. The molecule has 0 amide bonds. The Balaban J connectivity index is 1.69. The number of thiophene rings is 1. The van der Waals surface area contributed by atoms with Gasteiger partial charge in [0.25, 0.3) is 5.69 Å². The van der Waals surface area contributed by atoms with Crippen LogP contribution in [0.4, 0.5) is 11.5 Å². The summed E-state index contributed by atoms with van der Waals surface area (Å²) < 4.78 is 0.552. The van der Waals surface area contributed by atoms with Gasteiger partial charge in [0.05, 0.1) is 20.2 Å². The third kappa shape index (κ3) is 4.07. The molecule has 0 aliphatic heterocycles. The minimum atomic E-state index is -1.01.